The maximum absolute atomic E-state index is 13.0. The summed E-state index contributed by atoms with van der Waals surface area (Å²) in [5, 5.41) is 9.12. The number of alkyl halides is 1. The Kier molecular flexibility index (Phi) is 4.31. The number of hydrogen-bond donors (Lipinski definition) is 1. The summed E-state index contributed by atoms with van der Waals surface area (Å²) in [6.07, 6.45) is 3.31. The highest BCUT2D eigenvalue weighted by Gasteiger charge is 2.42. The number of carbonyl (C=O) groups is 1. The molecule has 0 aromatic heterocycles. The molecule has 0 atom stereocenters. The minimum absolute atomic E-state index is 0.461. The second-order valence-corrected chi connectivity index (χ2v) is 6.32. The first-order chi connectivity index (χ1) is 8.18. The van der Waals surface area contributed by atoms with Gasteiger partial charge in [0, 0.05) is 6.04 Å². The minimum atomic E-state index is -1.10. The Labute approximate surface area is 106 Å². The van der Waals surface area contributed by atoms with Crippen LogP contribution in [0.1, 0.15) is 25.7 Å². The summed E-state index contributed by atoms with van der Waals surface area (Å²) in [7, 11) is 0. The van der Waals surface area contributed by atoms with Gasteiger partial charge in [-0.25, -0.2) is 4.39 Å². The summed E-state index contributed by atoms with van der Waals surface area (Å²) in [5.74, 6) is 1.45. The molecule has 2 heterocycles. The van der Waals surface area contributed by atoms with E-state index in [1.807, 2.05) is 11.8 Å². The van der Waals surface area contributed by atoms with Crippen molar-refractivity contribution < 1.29 is 14.3 Å². The Morgan fingerprint density at radius 3 is 2.41 bits per heavy atom. The quantitative estimate of drug-likeness (QED) is 0.844. The second-order valence-electron chi connectivity index (χ2n) is 5.10. The third kappa shape index (κ3) is 2.76. The highest BCUT2D eigenvalue weighted by molar-refractivity contribution is 7.99. The van der Waals surface area contributed by atoms with Crippen LogP contribution in [-0.2, 0) is 4.79 Å². The van der Waals surface area contributed by atoms with Crippen LogP contribution in [0.15, 0.2) is 0 Å². The standard InChI is InChI=1S/C12H20FNO2S/c13-9-12(11(15)16)3-5-14(6-4-12)10-1-7-17-8-2-10/h10H,1-9H2,(H,15,16). The van der Waals surface area contributed by atoms with Crippen molar-refractivity contribution in [3.8, 4) is 0 Å². The van der Waals surface area contributed by atoms with Gasteiger partial charge in [-0.1, -0.05) is 0 Å². The predicted octanol–water partition coefficient (Wildman–Crippen LogP) is 2.02. The number of thioether (sulfide) groups is 1. The van der Waals surface area contributed by atoms with Gasteiger partial charge in [0.15, 0.2) is 0 Å². The number of rotatable bonds is 3. The Balaban J connectivity index is 1.90. The molecular formula is C12H20FNO2S. The first-order valence-electron chi connectivity index (χ1n) is 6.29. The summed E-state index contributed by atoms with van der Waals surface area (Å²) in [5.41, 5.74) is -1.10. The molecule has 2 aliphatic heterocycles. The molecule has 0 aromatic carbocycles. The lowest BCUT2D eigenvalue weighted by Crippen LogP contribution is -2.49. The summed E-state index contributed by atoms with van der Waals surface area (Å²) >= 11 is 1.99. The maximum Gasteiger partial charge on any atom is 0.312 e. The van der Waals surface area contributed by atoms with Crippen molar-refractivity contribution in [2.24, 2.45) is 5.41 Å². The van der Waals surface area contributed by atoms with Gasteiger partial charge >= 0.3 is 5.97 Å². The first kappa shape index (κ1) is 13.1. The van der Waals surface area contributed by atoms with E-state index in [9.17, 15) is 9.18 Å². The van der Waals surface area contributed by atoms with Crippen molar-refractivity contribution >= 4 is 17.7 Å². The van der Waals surface area contributed by atoms with E-state index in [4.69, 9.17) is 5.11 Å². The molecule has 0 radical (unpaired) electrons. The van der Waals surface area contributed by atoms with Crippen LogP contribution in [0.3, 0.4) is 0 Å². The number of aliphatic carboxylic acids is 1. The van der Waals surface area contributed by atoms with E-state index in [2.05, 4.69) is 4.90 Å². The molecule has 17 heavy (non-hydrogen) atoms. The van der Waals surface area contributed by atoms with Crippen molar-refractivity contribution in [3.63, 3.8) is 0 Å². The van der Waals surface area contributed by atoms with E-state index < -0.39 is 18.1 Å². The third-order valence-corrected chi connectivity index (χ3v) is 5.22. The molecule has 0 aliphatic carbocycles. The summed E-state index contributed by atoms with van der Waals surface area (Å²) in [4.78, 5) is 13.5. The van der Waals surface area contributed by atoms with Crippen LogP contribution >= 0.6 is 11.8 Å². The maximum atomic E-state index is 13.0. The monoisotopic (exact) mass is 261 g/mol. The van der Waals surface area contributed by atoms with Crippen LogP contribution in [0.2, 0.25) is 0 Å². The molecule has 0 amide bonds. The summed E-state index contributed by atoms with van der Waals surface area (Å²) in [6, 6.07) is 0.600. The van der Waals surface area contributed by atoms with Crippen LogP contribution in [-0.4, -0.2) is 53.3 Å². The van der Waals surface area contributed by atoms with Gasteiger partial charge in [-0.3, -0.25) is 4.79 Å². The van der Waals surface area contributed by atoms with Gasteiger partial charge in [0.2, 0.25) is 0 Å². The van der Waals surface area contributed by atoms with E-state index in [-0.39, 0.29) is 0 Å². The molecular weight excluding hydrogens is 241 g/mol. The normalized spacial score (nSPS) is 26.9. The Morgan fingerprint density at radius 1 is 1.35 bits per heavy atom. The molecule has 1 N–H and O–H groups in total. The highest BCUT2D eigenvalue weighted by Crippen LogP contribution is 2.34. The lowest BCUT2D eigenvalue weighted by molar-refractivity contribution is -0.153. The van der Waals surface area contributed by atoms with Crippen LogP contribution in [0.5, 0.6) is 0 Å². The molecule has 0 aromatic rings. The van der Waals surface area contributed by atoms with Gasteiger partial charge in [-0.15, -0.1) is 0 Å². The van der Waals surface area contributed by atoms with Crippen molar-refractivity contribution in [3.05, 3.63) is 0 Å². The van der Waals surface area contributed by atoms with Gasteiger partial charge in [0.25, 0.3) is 0 Å². The summed E-state index contributed by atoms with van der Waals surface area (Å²) in [6.45, 7) is 0.758. The SMILES string of the molecule is O=C(O)C1(CF)CCN(C2CCSCC2)CC1. The smallest absolute Gasteiger partial charge is 0.312 e. The molecule has 2 rings (SSSR count). The van der Waals surface area contributed by atoms with Crippen LogP contribution in [0.25, 0.3) is 0 Å². The van der Waals surface area contributed by atoms with Gasteiger partial charge < -0.3 is 10.0 Å². The van der Waals surface area contributed by atoms with E-state index in [0.29, 0.717) is 18.9 Å². The number of piperidine rings is 1. The van der Waals surface area contributed by atoms with Crippen molar-refractivity contribution in [1.29, 1.82) is 0 Å². The summed E-state index contributed by atoms with van der Waals surface area (Å²) < 4.78 is 13.0. The number of hydrogen-bond acceptors (Lipinski definition) is 3. The van der Waals surface area contributed by atoms with Crippen molar-refractivity contribution in [1.82, 2.24) is 4.90 Å². The zero-order valence-electron chi connectivity index (χ0n) is 10.0. The van der Waals surface area contributed by atoms with E-state index >= 15 is 0 Å². The van der Waals surface area contributed by atoms with E-state index in [1.54, 1.807) is 0 Å². The van der Waals surface area contributed by atoms with Gasteiger partial charge in [0.05, 0.1) is 5.41 Å². The van der Waals surface area contributed by atoms with Gasteiger partial charge in [0.1, 0.15) is 6.67 Å². The Morgan fingerprint density at radius 2 is 1.94 bits per heavy atom. The number of carboxylic acid groups (broad SMARTS) is 1. The fourth-order valence-electron chi connectivity index (χ4n) is 2.77. The molecule has 3 nitrogen and oxygen atoms in total. The Bertz CT molecular complexity index is 274. The highest BCUT2D eigenvalue weighted by atomic mass is 32.2. The molecule has 5 heteroatoms. The van der Waals surface area contributed by atoms with Gasteiger partial charge in [-0.2, -0.15) is 11.8 Å². The van der Waals surface area contributed by atoms with Gasteiger partial charge in [-0.05, 0) is 50.3 Å². The topological polar surface area (TPSA) is 40.5 Å². The molecule has 2 saturated heterocycles. The average Bonchev–Trinajstić information content (AvgIpc) is 2.39. The molecule has 0 spiro atoms. The Hall–Kier alpha value is -0.290. The molecule has 0 bridgehead atoms. The number of nitrogens with zero attached hydrogens (tertiary/aromatic N) is 1. The molecule has 2 fully saturated rings. The van der Waals surface area contributed by atoms with Crippen LogP contribution in [0.4, 0.5) is 4.39 Å². The van der Waals surface area contributed by atoms with E-state index in [1.165, 1.54) is 24.3 Å². The number of halogens is 1. The van der Waals surface area contributed by atoms with Crippen LogP contribution in [0, 0.1) is 5.41 Å². The molecule has 98 valence electrons. The largest absolute Gasteiger partial charge is 0.481 e. The lowest BCUT2D eigenvalue weighted by atomic mass is 9.79. The zero-order valence-corrected chi connectivity index (χ0v) is 10.8. The predicted molar refractivity (Wildman–Crippen MR) is 67.2 cm³/mol. The lowest BCUT2D eigenvalue weighted by Gasteiger charge is -2.42. The second kappa shape index (κ2) is 5.57. The fourth-order valence-corrected chi connectivity index (χ4v) is 3.85. The minimum Gasteiger partial charge on any atom is -0.481 e. The number of likely N-dealkylation sites (tertiary alicyclic amines) is 1. The average molecular weight is 261 g/mol. The molecule has 0 unspecified atom stereocenters. The molecule has 2 aliphatic rings. The number of carboxylic acids is 1. The third-order valence-electron chi connectivity index (χ3n) is 4.17. The van der Waals surface area contributed by atoms with Crippen LogP contribution < -0.4 is 0 Å². The first-order valence-corrected chi connectivity index (χ1v) is 7.44. The van der Waals surface area contributed by atoms with Crippen molar-refractivity contribution in [2.75, 3.05) is 31.3 Å². The van der Waals surface area contributed by atoms with E-state index in [0.717, 1.165) is 13.1 Å². The zero-order chi connectivity index (χ0) is 12.3. The molecule has 0 saturated carbocycles. The van der Waals surface area contributed by atoms with Crippen molar-refractivity contribution in [2.45, 2.75) is 31.7 Å². The fraction of sp³-hybridized carbons (Fsp3) is 0.917.